The van der Waals surface area contributed by atoms with Gasteiger partial charge in [0.1, 0.15) is 6.04 Å². The zero-order chi connectivity index (χ0) is 13.0. The minimum Gasteiger partial charge on any atom is -0.480 e. The molecule has 4 heteroatoms. The largest absolute Gasteiger partial charge is 0.480 e. The van der Waals surface area contributed by atoms with Crippen molar-refractivity contribution < 1.29 is 14.7 Å². The highest BCUT2D eigenvalue weighted by atomic mass is 16.4. The molecule has 17 heavy (non-hydrogen) atoms. The quantitative estimate of drug-likeness (QED) is 0.837. The van der Waals surface area contributed by atoms with Crippen molar-refractivity contribution in [1.29, 1.82) is 0 Å². The van der Waals surface area contributed by atoms with Crippen LogP contribution in [0.25, 0.3) is 0 Å². The Kier molecular flexibility index (Phi) is 4.26. The molecule has 1 aromatic rings. The lowest BCUT2D eigenvalue weighted by Crippen LogP contribution is -2.40. The molecule has 0 aliphatic carbocycles. The molecule has 0 spiro atoms. The standard InChI is InChI=1S/C13H17NO3/c1-4-10(13(16)17)14-12(15)11-8(2)6-5-7-9(11)3/h5-7,10H,4H2,1-3H3,(H,14,15)(H,16,17)/t10-/m1/s1. The van der Waals surface area contributed by atoms with Gasteiger partial charge in [-0.25, -0.2) is 4.79 Å². The summed E-state index contributed by atoms with van der Waals surface area (Å²) in [6.07, 6.45) is 0.367. The van der Waals surface area contributed by atoms with Crippen molar-refractivity contribution in [1.82, 2.24) is 5.32 Å². The first-order chi connectivity index (χ1) is 7.97. The first kappa shape index (κ1) is 13.2. The van der Waals surface area contributed by atoms with Crippen LogP contribution in [-0.4, -0.2) is 23.0 Å². The predicted octanol–water partition coefficient (Wildman–Crippen LogP) is 1.90. The highest BCUT2D eigenvalue weighted by Gasteiger charge is 2.20. The maximum atomic E-state index is 12.0. The first-order valence-electron chi connectivity index (χ1n) is 5.57. The summed E-state index contributed by atoms with van der Waals surface area (Å²) < 4.78 is 0. The first-order valence-corrected chi connectivity index (χ1v) is 5.57. The van der Waals surface area contributed by atoms with Gasteiger partial charge in [0.25, 0.3) is 5.91 Å². The number of carbonyl (C=O) groups is 2. The van der Waals surface area contributed by atoms with Crippen molar-refractivity contribution in [2.24, 2.45) is 0 Å². The molecule has 0 aliphatic rings. The summed E-state index contributed by atoms with van der Waals surface area (Å²) >= 11 is 0. The molecule has 1 atom stereocenters. The molecule has 0 unspecified atom stereocenters. The van der Waals surface area contributed by atoms with Crippen molar-refractivity contribution in [3.05, 3.63) is 34.9 Å². The highest BCUT2D eigenvalue weighted by Crippen LogP contribution is 2.13. The number of hydrogen-bond acceptors (Lipinski definition) is 2. The number of hydrogen-bond donors (Lipinski definition) is 2. The minimum absolute atomic E-state index is 0.324. The molecule has 92 valence electrons. The number of carboxylic acids is 1. The number of nitrogens with one attached hydrogen (secondary N) is 1. The molecule has 0 saturated heterocycles. The number of aliphatic carboxylic acids is 1. The van der Waals surface area contributed by atoms with Gasteiger partial charge in [-0.15, -0.1) is 0 Å². The topological polar surface area (TPSA) is 66.4 Å². The second-order valence-electron chi connectivity index (χ2n) is 4.04. The average molecular weight is 235 g/mol. The van der Waals surface area contributed by atoms with Gasteiger partial charge in [-0.2, -0.15) is 0 Å². The van der Waals surface area contributed by atoms with E-state index in [4.69, 9.17) is 5.11 Å². The minimum atomic E-state index is -1.01. The van der Waals surface area contributed by atoms with Crippen molar-refractivity contribution in [2.45, 2.75) is 33.2 Å². The van der Waals surface area contributed by atoms with Crippen LogP contribution in [0.2, 0.25) is 0 Å². The Balaban J connectivity index is 2.94. The highest BCUT2D eigenvalue weighted by molar-refractivity contribution is 5.99. The Morgan fingerprint density at radius 1 is 1.29 bits per heavy atom. The Labute approximate surface area is 101 Å². The van der Waals surface area contributed by atoms with Gasteiger partial charge in [0, 0.05) is 5.56 Å². The van der Waals surface area contributed by atoms with E-state index < -0.39 is 12.0 Å². The summed E-state index contributed by atoms with van der Waals surface area (Å²) in [5.74, 6) is -1.33. The smallest absolute Gasteiger partial charge is 0.326 e. The number of benzene rings is 1. The third-order valence-corrected chi connectivity index (χ3v) is 2.72. The van der Waals surface area contributed by atoms with Gasteiger partial charge in [0.15, 0.2) is 0 Å². The van der Waals surface area contributed by atoms with E-state index in [2.05, 4.69) is 5.32 Å². The molecule has 0 saturated carbocycles. The van der Waals surface area contributed by atoms with Crippen LogP contribution in [0.5, 0.6) is 0 Å². The van der Waals surface area contributed by atoms with Gasteiger partial charge in [0.05, 0.1) is 0 Å². The van der Waals surface area contributed by atoms with E-state index in [1.807, 2.05) is 32.0 Å². The lowest BCUT2D eigenvalue weighted by Gasteiger charge is -2.14. The molecular weight excluding hydrogens is 218 g/mol. The van der Waals surface area contributed by atoms with E-state index >= 15 is 0 Å². The van der Waals surface area contributed by atoms with Gasteiger partial charge >= 0.3 is 5.97 Å². The molecule has 1 amide bonds. The van der Waals surface area contributed by atoms with Crippen LogP contribution in [0.1, 0.15) is 34.8 Å². The van der Waals surface area contributed by atoms with Gasteiger partial charge in [-0.3, -0.25) is 4.79 Å². The molecule has 1 rings (SSSR count). The maximum Gasteiger partial charge on any atom is 0.326 e. The molecule has 0 aromatic heterocycles. The molecule has 0 bridgehead atoms. The lowest BCUT2D eigenvalue weighted by molar-refractivity contribution is -0.139. The van der Waals surface area contributed by atoms with Crippen LogP contribution in [0.3, 0.4) is 0 Å². The number of carbonyl (C=O) groups excluding carboxylic acids is 1. The second kappa shape index (κ2) is 5.48. The number of amides is 1. The fourth-order valence-corrected chi connectivity index (χ4v) is 1.74. The molecule has 4 nitrogen and oxygen atoms in total. The fraction of sp³-hybridized carbons (Fsp3) is 0.385. The molecule has 0 aliphatic heterocycles. The summed E-state index contributed by atoms with van der Waals surface area (Å²) in [6.45, 7) is 5.40. The van der Waals surface area contributed by atoms with Gasteiger partial charge in [0.2, 0.25) is 0 Å². The van der Waals surface area contributed by atoms with Gasteiger partial charge < -0.3 is 10.4 Å². The van der Waals surface area contributed by atoms with Crippen LogP contribution in [0.15, 0.2) is 18.2 Å². The maximum absolute atomic E-state index is 12.0. The Morgan fingerprint density at radius 2 is 1.82 bits per heavy atom. The second-order valence-corrected chi connectivity index (χ2v) is 4.04. The Bertz CT molecular complexity index is 420. The SMILES string of the molecule is CC[C@@H](NC(=O)c1c(C)cccc1C)C(=O)O. The van der Waals surface area contributed by atoms with Crippen LogP contribution < -0.4 is 5.32 Å². The van der Waals surface area contributed by atoms with Crippen LogP contribution in [0, 0.1) is 13.8 Å². The van der Waals surface area contributed by atoms with Crippen molar-refractivity contribution in [3.8, 4) is 0 Å². The summed E-state index contributed by atoms with van der Waals surface area (Å²) in [5, 5.41) is 11.4. The van der Waals surface area contributed by atoms with E-state index in [0.29, 0.717) is 12.0 Å². The van der Waals surface area contributed by atoms with Crippen molar-refractivity contribution in [2.75, 3.05) is 0 Å². The van der Waals surface area contributed by atoms with E-state index in [1.165, 1.54) is 0 Å². The Hall–Kier alpha value is -1.84. The normalized spacial score (nSPS) is 11.9. The number of rotatable bonds is 4. The zero-order valence-corrected chi connectivity index (χ0v) is 10.3. The lowest BCUT2D eigenvalue weighted by atomic mass is 10.0. The fourth-order valence-electron chi connectivity index (χ4n) is 1.74. The third-order valence-electron chi connectivity index (χ3n) is 2.72. The molecule has 1 aromatic carbocycles. The van der Waals surface area contributed by atoms with E-state index in [0.717, 1.165) is 11.1 Å². The van der Waals surface area contributed by atoms with Crippen LogP contribution in [0.4, 0.5) is 0 Å². The monoisotopic (exact) mass is 235 g/mol. The number of aryl methyl sites for hydroxylation is 2. The molecule has 0 heterocycles. The summed E-state index contributed by atoms with van der Waals surface area (Å²) in [5.41, 5.74) is 2.26. The van der Waals surface area contributed by atoms with Crippen molar-refractivity contribution in [3.63, 3.8) is 0 Å². The van der Waals surface area contributed by atoms with Crippen LogP contribution >= 0.6 is 0 Å². The Morgan fingerprint density at radius 3 is 2.24 bits per heavy atom. The summed E-state index contributed by atoms with van der Waals surface area (Å²) in [7, 11) is 0. The summed E-state index contributed by atoms with van der Waals surface area (Å²) in [4.78, 5) is 22.8. The third kappa shape index (κ3) is 3.06. The van der Waals surface area contributed by atoms with E-state index in [-0.39, 0.29) is 5.91 Å². The van der Waals surface area contributed by atoms with E-state index in [9.17, 15) is 9.59 Å². The molecular formula is C13H17NO3. The van der Waals surface area contributed by atoms with E-state index in [1.54, 1.807) is 6.92 Å². The average Bonchev–Trinajstić information content (AvgIpc) is 2.25. The molecule has 0 fully saturated rings. The van der Waals surface area contributed by atoms with Crippen LogP contribution in [-0.2, 0) is 4.79 Å². The van der Waals surface area contributed by atoms with Gasteiger partial charge in [-0.05, 0) is 31.4 Å². The predicted molar refractivity (Wildman–Crippen MR) is 65.1 cm³/mol. The molecule has 2 N–H and O–H groups in total. The zero-order valence-electron chi connectivity index (χ0n) is 10.3. The van der Waals surface area contributed by atoms with Gasteiger partial charge in [-0.1, -0.05) is 25.1 Å². The van der Waals surface area contributed by atoms with Crippen molar-refractivity contribution >= 4 is 11.9 Å². The number of carboxylic acid groups (broad SMARTS) is 1. The summed E-state index contributed by atoms with van der Waals surface area (Å²) in [6, 6.07) is 4.71. The molecule has 0 radical (unpaired) electrons.